The zero-order valence-electron chi connectivity index (χ0n) is 7.87. The summed E-state index contributed by atoms with van der Waals surface area (Å²) < 4.78 is 3.61. The number of para-hydroxylation sites is 1. The summed E-state index contributed by atoms with van der Waals surface area (Å²) in [5, 5.41) is 1.31. The van der Waals surface area contributed by atoms with Gasteiger partial charge in [-0.1, -0.05) is 12.1 Å². The third-order valence-electron chi connectivity index (χ3n) is 2.20. The molecule has 0 fully saturated rings. The lowest BCUT2D eigenvalue weighted by Crippen LogP contribution is -3.00. The molecule has 2 aromatic rings. The first-order valence-corrected chi connectivity index (χ1v) is 5.48. The molecule has 74 valence electrons. The van der Waals surface area contributed by atoms with Gasteiger partial charge in [0.15, 0.2) is 0 Å². The molecule has 0 bridgehead atoms. The lowest BCUT2D eigenvalue weighted by molar-refractivity contribution is -0.680. The van der Waals surface area contributed by atoms with Gasteiger partial charge in [-0.3, -0.25) is 0 Å². The molecular weight excluding hydrogens is 400 g/mol. The molecule has 1 heterocycles. The van der Waals surface area contributed by atoms with E-state index in [1.54, 1.807) is 0 Å². The fourth-order valence-corrected chi connectivity index (χ4v) is 2.34. The van der Waals surface area contributed by atoms with Crippen LogP contribution < -0.4 is 28.5 Å². The molecule has 0 saturated heterocycles. The summed E-state index contributed by atoms with van der Waals surface area (Å²) in [6.45, 7) is 3.20. The number of pyridine rings is 1. The van der Waals surface area contributed by atoms with Crippen LogP contribution in [0.25, 0.3) is 10.9 Å². The molecule has 0 aliphatic carbocycles. The van der Waals surface area contributed by atoms with E-state index in [0.717, 1.165) is 6.54 Å². The van der Waals surface area contributed by atoms with Crippen LogP contribution in [-0.2, 0) is 6.54 Å². The van der Waals surface area contributed by atoms with Crippen LogP contribution in [0.1, 0.15) is 6.92 Å². The van der Waals surface area contributed by atoms with E-state index in [1.807, 2.05) is 0 Å². The van der Waals surface area contributed by atoms with Crippen molar-refractivity contribution >= 4 is 33.5 Å². The molecule has 0 aliphatic rings. The van der Waals surface area contributed by atoms with Crippen LogP contribution in [0, 0.1) is 3.70 Å². The fourth-order valence-electron chi connectivity index (χ4n) is 1.56. The highest BCUT2D eigenvalue weighted by Gasteiger charge is 2.09. The summed E-state index contributed by atoms with van der Waals surface area (Å²) in [6.07, 6.45) is 0. The van der Waals surface area contributed by atoms with Crippen molar-refractivity contribution in [3.8, 4) is 0 Å². The Kier molecular flexibility index (Phi) is 4.56. The fraction of sp³-hybridized carbons (Fsp3) is 0.182. The molecule has 14 heavy (non-hydrogen) atoms. The molecule has 0 saturated carbocycles. The average Bonchev–Trinajstić information content (AvgIpc) is 2.18. The van der Waals surface area contributed by atoms with Gasteiger partial charge in [0, 0.05) is 40.1 Å². The SMILES string of the molecule is CC[n+]1c(I)ccc2ccccc21.[I-]. The Morgan fingerprint density at radius 1 is 1.14 bits per heavy atom. The van der Waals surface area contributed by atoms with Gasteiger partial charge in [0.05, 0.1) is 0 Å². The minimum absolute atomic E-state index is 0. The summed E-state index contributed by atoms with van der Waals surface area (Å²) >= 11 is 2.37. The number of halogens is 2. The molecule has 0 spiro atoms. The van der Waals surface area contributed by atoms with Crippen molar-refractivity contribution in [1.29, 1.82) is 0 Å². The van der Waals surface area contributed by atoms with Gasteiger partial charge in [-0.15, -0.1) is 0 Å². The van der Waals surface area contributed by atoms with Gasteiger partial charge in [0.2, 0.25) is 9.22 Å². The van der Waals surface area contributed by atoms with Gasteiger partial charge in [-0.25, -0.2) is 0 Å². The second kappa shape index (κ2) is 5.25. The van der Waals surface area contributed by atoms with Crippen LogP contribution in [0.15, 0.2) is 36.4 Å². The molecule has 1 aromatic carbocycles. The number of hydrogen-bond acceptors (Lipinski definition) is 0. The summed E-state index contributed by atoms with van der Waals surface area (Å²) in [5.74, 6) is 0. The number of aryl methyl sites for hydroxylation is 1. The Labute approximate surface area is 115 Å². The van der Waals surface area contributed by atoms with Crippen molar-refractivity contribution in [3.05, 3.63) is 40.1 Å². The summed E-state index contributed by atoms with van der Waals surface area (Å²) in [4.78, 5) is 0. The van der Waals surface area contributed by atoms with Gasteiger partial charge in [-0.2, -0.15) is 4.57 Å². The number of rotatable bonds is 1. The van der Waals surface area contributed by atoms with Crippen LogP contribution >= 0.6 is 22.6 Å². The highest BCUT2D eigenvalue weighted by Crippen LogP contribution is 2.11. The molecule has 0 unspecified atom stereocenters. The molecule has 0 aliphatic heterocycles. The van der Waals surface area contributed by atoms with Crippen LogP contribution in [-0.4, -0.2) is 0 Å². The average molecular weight is 411 g/mol. The zero-order chi connectivity index (χ0) is 9.26. The van der Waals surface area contributed by atoms with Gasteiger partial charge >= 0.3 is 0 Å². The molecule has 0 atom stereocenters. The van der Waals surface area contributed by atoms with Crippen LogP contribution in [0.4, 0.5) is 0 Å². The molecule has 2 rings (SSSR count). The van der Waals surface area contributed by atoms with Gasteiger partial charge in [-0.05, 0) is 19.1 Å². The predicted octanol–water partition coefficient (Wildman–Crippen LogP) is -0.244. The van der Waals surface area contributed by atoms with E-state index >= 15 is 0 Å². The van der Waals surface area contributed by atoms with Crippen LogP contribution in [0.5, 0.6) is 0 Å². The standard InChI is InChI=1S/C11H11IN.HI/c1-2-13-10-6-4-3-5-9(10)7-8-11(13)12;/h3-8H,2H2,1H3;1H/q+1;/p-1. The quantitative estimate of drug-likeness (QED) is 0.347. The first kappa shape index (κ1) is 12.2. The van der Waals surface area contributed by atoms with Gasteiger partial charge < -0.3 is 24.0 Å². The molecule has 0 amide bonds. The van der Waals surface area contributed by atoms with Crippen LogP contribution in [0.3, 0.4) is 0 Å². The minimum Gasteiger partial charge on any atom is -1.00 e. The van der Waals surface area contributed by atoms with E-state index < -0.39 is 0 Å². The second-order valence-electron chi connectivity index (χ2n) is 2.96. The first-order chi connectivity index (χ1) is 6.33. The molecule has 3 heteroatoms. The maximum Gasteiger partial charge on any atom is 0.241 e. The van der Waals surface area contributed by atoms with Crippen LogP contribution in [0.2, 0.25) is 0 Å². The molecular formula is C11H11I2N. The summed E-state index contributed by atoms with van der Waals surface area (Å²) in [7, 11) is 0. The van der Waals surface area contributed by atoms with E-state index in [-0.39, 0.29) is 24.0 Å². The maximum absolute atomic E-state index is 2.37. The third kappa shape index (κ3) is 2.18. The Morgan fingerprint density at radius 2 is 1.86 bits per heavy atom. The van der Waals surface area contributed by atoms with E-state index in [2.05, 4.69) is 70.5 Å². The van der Waals surface area contributed by atoms with Crippen molar-refractivity contribution in [2.45, 2.75) is 13.5 Å². The topological polar surface area (TPSA) is 3.88 Å². The lowest BCUT2D eigenvalue weighted by Gasteiger charge is -1.99. The van der Waals surface area contributed by atoms with Crippen molar-refractivity contribution in [2.24, 2.45) is 0 Å². The van der Waals surface area contributed by atoms with E-state index in [4.69, 9.17) is 0 Å². The molecule has 0 N–H and O–H groups in total. The first-order valence-electron chi connectivity index (χ1n) is 4.40. The second-order valence-corrected chi connectivity index (χ2v) is 4.06. The minimum atomic E-state index is 0. The van der Waals surface area contributed by atoms with Crippen molar-refractivity contribution in [2.75, 3.05) is 0 Å². The third-order valence-corrected chi connectivity index (χ3v) is 3.14. The molecule has 0 radical (unpaired) electrons. The lowest BCUT2D eigenvalue weighted by atomic mass is 10.2. The van der Waals surface area contributed by atoms with Crippen molar-refractivity contribution in [3.63, 3.8) is 0 Å². The van der Waals surface area contributed by atoms with Gasteiger partial charge in [0.25, 0.3) is 0 Å². The number of benzene rings is 1. The summed E-state index contributed by atoms with van der Waals surface area (Å²) in [6, 6.07) is 12.8. The number of aromatic nitrogens is 1. The zero-order valence-corrected chi connectivity index (χ0v) is 12.2. The molecule has 1 aromatic heterocycles. The number of hydrogen-bond donors (Lipinski definition) is 0. The Hall–Kier alpha value is 0.0900. The monoisotopic (exact) mass is 411 g/mol. The van der Waals surface area contributed by atoms with Crippen molar-refractivity contribution in [1.82, 2.24) is 0 Å². The number of fused-ring (bicyclic) bond motifs is 1. The predicted molar refractivity (Wildman–Crippen MR) is 62.5 cm³/mol. The van der Waals surface area contributed by atoms with E-state index in [0.29, 0.717) is 0 Å². The van der Waals surface area contributed by atoms with Crippen molar-refractivity contribution < 1.29 is 28.5 Å². The Balaban J connectivity index is 0.000000980. The maximum atomic E-state index is 2.37. The normalized spacial score (nSPS) is 9.86. The largest absolute Gasteiger partial charge is 1.00 e. The smallest absolute Gasteiger partial charge is 0.241 e. The summed E-state index contributed by atoms with van der Waals surface area (Å²) in [5.41, 5.74) is 1.32. The van der Waals surface area contributed by atoms with E-state index in [9.17, 15) is 0 Å². The Bertz CT molecular complexity index is 440. The highest BCUT2D eigenvalue weighted by atomic mass is 127. The highest BCUT2D eigenvalue weighted by molar-refractivity contribution is 14.1. The number of nitrogens with zero attached hydrogens (tertiary/aromatic N) is 1. The van der Waals surface area contributed by atoms with Gasteiger partial charge in [0.1, 0.15) is 6.54 Å². The molecule has 1 nitrogen and oxygen atoms in total. The van der Waals surface area contributed by atoms with E-state index in [1.165, 1.54) is 14.6 Å². The Morgan fingerprint density at radius 3 is 2.57 bits per heavy atom.